The van der Waals surface area contributed by atoms with Gasteiger partial charge in [-0.15, -0.1) is 0 Å². The van der Waals surface area contributed by atoms with Crippen LogP contribution in [0.4, 0.5) is 0 Å². The molecule has 4 rings (SSSR count). The summed E-state index contributed by atoms with van der Waals surface area (Å²) in [5, 5.41) is 18.7. The number of ether oxygens (including phenoxy) is 5. The van der Waals surface area contributed by atoms with Crippen molar-refractivity contribution >= 4 is 18.0 Å². The molecule has 0 aromatic heterocycles. The van der Waals surface area contributed by atoms with E-state index in [0.29, 0.717) is 5.56 Å². The number of benzene rings is 1. The van der Waals surface area contributed by atoms with E-state index >= 15 is 0 Å². The van der Waals surface area contributed by atoms with Crippen molar-refractivity contribution in [3.63, 3.8) is 0 Å². The standard InChI is InChI=1S/C18H18O9/c1-18(2)26-15-13-12(25-17(15)27-18)14(16(22)24-13)23-11(21)6-4-8-3-5-9(19)10(20)7-8/h3-7,12-15,17,19-20H,1-2H3. The first-order valence-corrected chi connectivity index (χ1v) is 8.36. The van der Waals surface area contributed by atoms with Crippen molar-refractivity contribution < 1.29 is 43.5 Å². The van der Waals surface area contributed by atoms with Crippen LogP contribution in [0.5, 0.6) is 11.5 Å². The number of hydrogen-bond acceptors (Lipinski definition) is 9. The van der Waals surface area contributed by atoms with Gasteiger partial charge in [-0.1, -0.05) is 6.07 Å². The molecule has 1 aromatic carbocycles. The number of aromatic hydroxyl groups is 2. The van der Waals surface area contributed by atoms with E-state index in [1.807, 2.05) is 0 Å². The molecule has 0 bridgehead atoms. The van der Waals surface area contributed by atoms with Crippen molar-refractivity contribution in [2.75, 3.05) is 0 Å². The van der Waals surface area contributed by atoms with Crippen LogP contribution < -0.4 is 0 Å². The van der Waals surface area contributed by atoms with E-state index in [4.69, 9.17) is 23.7 Å². The fourth-order valence-electron chi connectivity index (χ4n) is 3.31. The second-order valence-electron chi connectivity index (χ2n) is 6.91. The number of hydrogen-bond donors (Lipinski definition) is 2. The molecular weight excluding hydrogens is 360 g/mol. The highest BCUT2D eigenvalue weighted by Crippen LogP contribution is 2.43. The highest BCUT2D eigenvalue weighted by molar-refractivity contribution is 5.90. The lowest BCUT2D eigenvalue weighted by atomic mass is 10.1. The van der Waals surface area contributed by atoms with Crippen LogP contribution in [-0.4, -0.2) is 58.6 Å². The number of carbonyl (C=O) groups excluding carboxylic acids is 2. The number of phenols is 2. The fourth-order valence-corrected chi connectivity index (χ4v) is 3.31. The lowest BCUT2D eigenvalue weighted by molar-refractivity contribution is -0.216. The highest BCUT2D eigenvalue weighted by atomic mass is 16.8. The monoisotopic (exact) mass is 378 g/mol. The molecule has 144 valence electrons. The molecule has 3 saturated heterocycles. The smallest absolute Gasteiger partial charge is 0.350 e. The average molecular weight is 378 g/mol. The first kappa shape index (κ1) is 17.8. The van der Waals surface area contributed by atoms with Crippen LogP contribution in [0.15, 0.2) is 24.3 Å². The Labute approximate surface area is 154 Å². The minimum absolute atomic E-state index is 0.272. The number of phenolic OH excluding ortho intramolecular Hbond substituents is 2. The van der Waals surface area contributed by atoms with Crippen molar-refractivity contribution in [3.8, 4) is 11.5 Å². The Balaban J connectivity index is 1.41. The van der Waals surface area contributed by atoms with E-state index in [9.17, 15) is 19.8 Å². The number of fused-ring (bicyclic) bond motifs is 3. The van der Waals surface area contributed by atoms with Gasteiger partial charge in [0.2, 0.25) is 6.10 Å². The van der Waals surface area contributed by atoms with Crippen molar-refractivity contribution in [2.45, 2.75) is 50.3 Å². The van der Waals surface area contributed by atoms with E-state index in [1.165, 1.54) is 24.3 Å². The van der Waals surface area contributed by atoms with Gasteiger partial charge in [0.05, 0.1) is 0 Å². The Hall–Kier alpha value is -2.62. The summed E-state index contributed by atoms with van der Waals surface area (Å²) >= 11 is 0. The van der Waals surface area contributed by atoms with Crippen LogP contribution in [0.25, 0.3) is 6.08 Å². The highest BCUT2D eigenvalue weighted by Gasteiger charge is 2.64. The maximum atomic E-state index is 12.1. The minimum atomic E-state index is -1.22. The molecule has 0 spiro atoms. The molecule has 27 heavy (non-hydrogen) atoms. The van der Waals surface area contributed by atoms with E-state index in [1.54, 1.807) is 13.8 Å². The maximum Gasteiger partial charge on any atom is 0.350 e. The molecule has 3 aliphatic heterocycles. The molecule has 9 nitrogen and oxygen atoms in total. The van der Waals surface area contributed by atoms with Gasteiger partial charge in [-0.05, 0) is 37.6 Å². The summed E-state index contributed by atoms with van der Waals surface area (Å²) in [7, 11) is 0. The summed E-state index contributed by atoms with van der Waals surface area (Å²) in [5.74, 6) is -2.93. The maximum absolute atomic E-state index is 12.1. The first-order valence-electron chi connectivity index (χ1n) is 8.36. The zero-order valence-electron chi connectivity index (χ0n) is 14.5. The van der Waals surface area contributed by atoms with Crippen LogP contribution >= 0.6 is 0 Å². The quantitative estimate of drug-likeness (QED) is 0.447. The second-order valence-corrected chi connectivity index (χ2v) is 6.91. The Kier molecular flexibility index (Phi) is 4.10. The normalized spacial score (nSPS) is 33.7. The minimum Gasteiger partial charge on any atom is -0.504 e. The topological polar surface area (TPSA) is 121 Å². The molecule has 9 heteroatoms. The van der Waals surface area contributed by atoms with Gasteiger partial charge in [-0.2, -0.15) is 0 Å². The van der Waals surface area contributed by atoms with Gasteiger partial charge < -0.3 is 33.9 Å². The summed E-state index contributed by atoms with van der Waals surface area (Å²) < 4.78 is 27.4. The predicted octanol–water partition coefficient (Wildman–Crippen LogP) is 0.825. The lowest BCUT2D eigenvalue weighted by Gasteiger charge is -2.21. The fraction of sp³-hybridized carbons (Fsp3) is 0.444. The van der Waals surface area contributed by atoms with E-state index in [0.717, 1.165) is 6.08 Å². The van der Waals surface area contributed by atoms with Crippen molar-refractivity contribution in [2.24, 2.45) is 0 Å². The van der Waals surface area contributed by atoms with Crippen LogP contribution in [0.1, 0.15) is 19.4 Å². The molecule has 3 aliphatic rings. The predicted molar refractivity (Wildman–Crippen MR) is 87.3 cm³/mol. The van der Waals surface area contributed by atoms with Gasteiger partial charge in [-0.25, -0.2) is 9.59 Å². The van der Waals surface area contributed by atoms with Gasteiger partial charge in [0.25, 0.3) is 0 Å². The van der Waals surface area contributed by atoms with Gasteiger partial charge in [0.15, 0.2) is 35.8 Å². The second kappa shape index (κ2) is 6.22. The van der Waals surface area contributed by atoms with Crippen LogP contribution in [0.3, 0.4) is 0 Å². The third-order valence-electron chi connectivity index (χ3n) is 4.46. The molecule has 1 aromatic rings. The largest absolute Gasteiger partial charge is 0.504 e. The Morgan fingerprint density at radius 1 is 1.15 bits per heavy atom. The number of rotatable bonds is 3. The zero-order chi connectivity index (χ0) is 19.3. The third-order valence-corrected chi connectivity index (χ3v) is 4.46. The number of esters is 2. The van der Waals surface area contributed by atoms with Gasteiger partial charge in [-0.3, -0.25) is 0 Å². The van der Waals surface area contributed by atoms with Crippen LogP contribution in [0, 0.1) is 0 Å². The zero-order valence-corrected chi connectivity index (χ0v) is 14.5. The third kappa shape index (κ3) is 3.25. The number of carbonyl (C=O) groups is 2. The molecule has 0 saturated carbocycles. The molecule has 3 heterocycles. The van der Waals surface area contributed by atoms with E-state index in [2.05, 4.69) is 0 Å². The van der Waals surface area contributed by atoms with Gasteiger partial charge >= 0.3 is 11.9 Å². The van der Waals surface area contributed by atoms with Crippen molar-refractivity contribution in [1.82, 2.24) is 0 Å². The van der Waals surface area contributed by atoms with E-state index in [-0.39, 0.29) is 11.5 Å². The molecule has 5 unspecified atom stereocenters. The molecule has 0 radical (unpaired) electrons. The summed E-state index contributed by atoms with van der Waals surface area (Å²) in [5.41, 5.74) is 0.463. The van der Waals surface area contributed by atoms with Crippen molar-refractivity contribution in [3.05, 3.63) is 29.8 Å². The molecule has 0 amide bonds. The summed E-state index contributed by atoms with van der Waals surface area (Å²) in [6, 6.07) is 4.05. The van der Waals surface area contributed by atoms with Gasteiger partial charge in [0.1, 0.15) is 6.10 Å². The van der Waals surface area contributed by atoms with E-state index < -0.39 is 48.4 Å². The SMILES string of the molecule is CC1(C)OC2OC3C(OC(=O)C=Cc4ccc(O)c(O)c4)C(=O)OC3C2O1. The van der Waals surface area contributed by atoms with Crippen LogP contribution in [0.2, 0.25) is 0 Å². The Morgan fingerprint density at radius 2 is 1.93 bits per heavy atom. The van der Waals surface area contributed by atoms with Crippen molar-refractivity contribution in [1.29, 1.82) is 0 Å². The molecule has 0 aliphatic carbocycles. The molecule has 5 atom stereocenters. The average Bonchev–Trinajstić information content (AvgIpc) is 3.16. The first-order chi connectivity index (χ1) is 12.7. The summed E-state index contributed by atoms with van der Waals surface area (Å²) in [6.07, 6.45) is -1.54. The Morgan fingerprint density at radius 3 is 2.67 bits per heavy atom. The Bertz CT molecular complexity index is 815. The summed E-state index contributed by atoms with van der Waals surface area (Å²) in [6.45, 7) is 3.45. The molecule has 2 N–H and O–H groups in total. The molecular formula is C18H18O9. The molecule has 3 fully saturated rings. The van der Waals surface area contributed by atoms with Crippen LogP contribution in [-0.2, 0) is 33.3 Å². The lowest BCUT2D eigenvalue weighted by Crippen LogP contribution is -2.37. The summed E-state index contributed by atoms with van der Waals surface area (Å²) in [4.78, 5) is 24.1. The van der Waals surface area contributed by atoms with Gasteiger partial charge in [0, 0.05) is 6.08 Å².